The zero-order valence-electron chi connectivity index (χ0n) is 9.37. The summed E-state index contributed by atoms with van der Waals surface area (Å²) in [5.74, 6) is 0. The first kappa shape index (κ1) is 14.7. The quantitative estimate of drug-likeness (QED) is 0.899. The third-order valence-corrected chi connectivity index (χ3v) is 3.42. The van der Waals surface area contributed by atoms with E-state index in [1.807, 2.05) is 0 Å². The molecule has 0 aliphatic heterocycles. The van der Waals surface area contributed by atoms with Crippen molar-refractivity contribution in [1.82, 2.24) is 4.72 Å². The van der Waals surface area contributed by atoms with Gasteiger partial charge in [-0.1, -0.05) is 36.9 Å². The highest BCUT2D eigenvalue weighted by Crippen LogP contribution is 2.21. The number of rotatable bonds is 5. The molecule has 0 saturated carbocycles. The van der Waals surface area contributed by atoms with Gasteiger partial charge in [-0.2, -0.15) is 13.2 Å². The summed E-state index contributed by atoms with van der Waals surface area (Å²) in [7, 11) is -5.25. The van der Waals surface area contributed by atoms with Crippen molar-refractivity contribution < 1.29 is 21.6 Å². The Hall–Kier alpha value is -1.34. The molecule has 18 heavy (non-hydrogen) atoms. The fourth-order valence-electron chi connectivity index (χ4n) is 1.23. The van der Waals surface area contributed by atoms with E-state index in [4.69, 9.17) is 0 Å². The normalized spacial score (nSPS) is 12.4. The molecular formula is C11H12F3NO2S. The van der Waals surface area contributed by atoms with Crippen LogP contribution in [-0.2, 0) is 16.4 Å². The second kappa shape index (κ2) is 5.53. The molecule has 0 amide bonds. The molecule has 0 radical (unpaired) electrons. The Balaban J connectivity index is 2.54. The van der Waals surface area contributed by atoms with E-state index in [-0.39, 0.29) is 13.0 Å². The lowest BCUT2D eigenvalue weighted by Crippen LogP contribution is -2.37. The molecule has 0 atom stereocenters. The Morgan fingerprint density at radius 2 is 1.78 bits per heavy atom. The summed E-state index contributed by atoms with van der Waals surface area (Å²) < 4.78 is 58.9. The summed E-state index contributed by atoms with van der Waals surface area (Å²) in [5, 5.41) is 0. The van der Waals surface area contributed by atoms with Gasteiger partial charge in [0.2, 0.25) is 0 Å². The lowest BCUT2D eigenvalue weighted by Gasteiger charge is -2.09. The molecular weight excluding hydrogens is 267 g/mol. The van der Waals surface area contributed by atoms with Crippen LogP contribution in [0, 0.1) is 0 Å². The second-order valence-electron chi connectivity index (χ2n) is 3.54. The minimum absolute atomic E-state index is 0.187. The van der Waals surface area contributed by atoms with Gasteiger partial charge in [-0.25, -0.2) is 13.1 Å². The van der Waals surface area contributed by atoms with E-state index >= 15 is 0 Å². The first-order chi connectivity index (χ1) is 8.26. The summed E-state index contributed by atoms with van der Waals surface area (Å²) in [6.07, 6.45) is 1.82. The maximum Gasteiger partial charge on any atom is 0.511 e. The molecule has 0 aromatic heterocycles. The van der Waals surface area contributed by atoms with Gasteiger partial charge in [0, 0.05) is 6.54 Å². The van der Waals surface area contributed by atoms with Gasteiger partial charge in [0.05, 0.1) is 0 Å². The first-order valence-electron chi connectivity index (χ1n) is 5.03. The third-order valence-electron chi connectivity index (χ3n) is 2.23. The van der Waals surface area contributed by atoms with Crippen LogP contribution in [0.15, 0.2) is 30.8 Å². The predicted octanol–water partition coefficient (Wildman–Crippen LogP) is 2.31. The van der Waals surface area contributed by atoms with Crippen LogP contribution < -0.4 is 4.72 Å². The molecule has 0 fully saturated rings. The van der Waals surface area contributed by atoms with E-state index in [2.05, 4.69) is 6.58 Å². The maximum atomic E-state index is 12.0. The van der Waals surface area contributed by atoms with E-state index in [1.165, 1.54) is 4.72 Å². The van der Waals surface area contributed by atoms with Crippen LogP contribution in [0.5, 0.6) is 0 Å². The van der Waals surface area contributed by atoms with E-state index < -0.39 is 15.5 Å². The molecule has 1 aromatic carbocycles. The molecule has 1 N–H and O–H groups in total. The van der Waals surface area contributed by atoms with Crippen LogP contribution in [0.3, 0.4) is 0 Å². The van der Waals surface area contributed by atoms with Crippen LogP contribution in [0.2, 0.25) is 0 Å². The topological polar surface area (TPSA) is 46.2 Å². The van der Waals surface area contributed by atoms with Gasteiger partial charge < -0.3 is 0 Å². The molecule has 7 heteroatoms. The summed E-state index contributed by atoms with van der Waals surface area (Å²) in [6, 6.07) is 6.92. The fraction of sp³-hybridized carbons (Fsp3) is 0.273. The Kier molecular flexibility index (Phi) is 4.53. The van der Waals surface area contributed by atoms with Crippen molar-refractivity contribution in [2.24, 2.45) is 0 Å². The molecule has 3 nitrogen and oxygen atoms in total. The molecule has 100 valence electrons. The number of nitrogens with one attached hydrogen (secondary N) is 1. The van der Waals surface area contributed by atoms with Crippen molar-refractivity contribution in [3.05, 3.63) is 42.0 Å². The lowest BCUT2D eigenvalue weighted by molar-refractivity contribution is -0.0447. The van der Waals surface area contributed by atoms with Crippen molar-refractivity contribution in [2.75, 3.05) is 6.54 Å². The SMILES string of the molecule is C=Cc1ccc(CCNS(=O)(=O)C(F)(F)F)cc1. The Bertz CT molecular complexity index is 506. The monoisotopic (exact) mass is 279 g/mol. The predicted molar refractivity (Wildman–Crippen MR) is 63.2 cm³/mol. The molecule has 0 bridgehead atoms. The smallest absolute Gasteiger partial charge is 0.207 e. The number of hydrogen-bond donors (Lipinski definition) is 1. The number of benzene rings is 1. The average Bonchev–Trinajstić information content (AvgIpc) is 2.28. The average molecular weight is 279 g/mol. The Morgan fingerprint density at radius 3 is 2.22 bits per heavy atom. The zero-order valence-corrected chi connectivity index (χ0v) is 10.2. The molecule has 0 unspecified atom stereocenters. The van der Waals surface area contributed by atoms with Gasteiger partial charge in [0.1, 0.15) is 0 Å². The van der Waals surface area contributed by atoms with Crippen LogP contribution in [-0.4, -0.2) is 20.5 Å². The van der Waals surface area contributed by atoms with Crippen molar-refractivity contribution in [3.63, 3.8) is 0 Å². The standard InChI is InChI=1S/C11H12F3NO2S/c1-2-9-3-5-10(6-4-9)7-8-15-18(16,17)11(12,13)14/h2-6,15H,1,7-8H2. The number of sulfonamides is 1. The summed E-state index contributed by atoms with van der Waals surface area (Å²) in [6.45, 7) is 3.27. The minimum Gasteiger partial charge on any atom is -0.207 e. The maximum absolute atomic E-state index is 12.0. The zero-order chi connectivity index (χ0) is 13.8. The molecule has 0 aliphatic carbocycles. The number of halogens is 3. The highest BCUT2D eigenvalue weighted by molar-refractivity contribution is 7.90. The van der Waals surface area contributed by atoms with Gasteiger partial charge in [-0.05, 0) is 17.5 Å². The fourth-order valence-corrected chi connectivity index (χ4v) is 1.77. The van der Waals surface area contributed by atoms with Gasteiger partial charge in [-0.3, -0.25) is 0 Å². The van der Waals surface area contributed by atoms with Gasteiger partial charge in [-0.15, -0.1) is 0 Å². The van der Waals surface area contributed by atoms with Gasteiger partial charge in [0.25, 0.3) is 0 Å². The second-order valence-corrected chi connectivity index (χ2v) is 5.30. The van der Waals surface area contributed by atoms with E-state index in [9.17, 15) is 21.6 Å². The number of hydrogen-bond acceptors (Lipinski definition) is 2. The third kappa shape index (κ3) is 3.85. The summed E-state index contributed by atoms with van der Waals surface area (Å²) in [5.41, 5.74) is -3.64. The van der Waals surface area contributed by atoms with E-state index in [0.717, 1.165) is 11.1 Å². The highest BCUT2D eigenvalue weighted by Gasteiger charge is 2.45. The Labute approximate surface area is 103 Å². The molecule has 0 aliphatic rings. The summed E-state index contributed by atoms with van der Waals surface area (Å²) >= 11 is 0. The largest absolute Gasteiger partial charge is 0.511 e. The van der Waals surface area contributed by atoms with Crippen molar-refractivity contribution >= 4 is 16.1 Å². The molecule has 1 aromatic rings. The number of alkyl halides is 3. The van der Waals surface area contributed by atoms with Crippen molar-refractivity contribution in [2.45, 2.75) is 11.9 Å². The van der Waals surface area contributed by atoms with Crippen molar-refractivity contribution in [3.8, 4) is 0 Å². The lowest BCUT2D eigenvalue weighted by atomic mass is 10.1. The van der Waals surface area contributed by atoms with E-state index in [1.54, 1.807) is 30.3 Å². The van der Waals surface area contributed by atoms with Crippen molar-refractivity contribution in [1.29, 1.82) is 0 Å². The van der Waals surface area contributed by atoms with E-state index in [0.29, 0.717) is 0 Å². The minimum atomic E-state index is -5.26. The molecule has 1 rings (SSSR count). The van der Waals surface area contributed by atoms with Crippen LogP contribution >= 0.6 is 0 Å². The van der Waals surface area contributed by atoms with Gasteiger partial charge in [0.15, 0.2) is 0 Å². The Morgan fingerprint density at radius 1 is 1.22 bits per heavy atom. The van der Waals surface area contributed by atoms with Gasteiger partial charge >= 0.3 is 15.5 Å². The molecule has 0 spiro atoms. The highest BCUT2D eigenvalue weighted by atomic mass is 32.2. The summed E-state index contributed by atoms with van der Waals surface area (Å²) in [4.78, 5) is 0. The van der Waals surface area contributed by atoms with Crippen LogP contribution in [0.4, 0.5) is 13.2 Å². The molecule has 0 heterocycles. The van der Waals surface area contributed by atoms with Crippen LogP contribution in [0.25, 0.3) is 6.08 Å². The first-order valence-corrected chi connectivity index (χ1v) is 6.52. The molecule has 0 saturated heterocycles. The van der Waals surface area contributed by atoms with Crippen LogP contribution in [0.1, 0.15) is 11.1 Å².